The molecule has 0 aromatic heterocycles. The van der Waals surface area contributed by atoms with E-state index < -0.39 is 10.0 Å². The summed E-state index contributed by atoms with van der Waals surface area (Å²) in [6.07, 6.45) is 6.55. The number of sulfonamides is 1. The second kappa shape index (κ2) is 9.89. The SMILES string of the molecule is O=C(CSC1=Nc2ccccc2C2CC=NN12)Nc1cccc(S(=O)(=O)N2CCCCCC2)c1. The highest BCUT2D eigenvalue weighted by molar-refractivity contribution is 8.14. The number of hydrazone groups is 1. The normalized spacial score (nSPS) is 20.3. The van der Waals surface area contributed by atoms with E-state index in [2.05, 4.69) is 16.5 Å². The minimum absolute atomic E-state index is 0.111. The number of hydrogen-bond acceptors (Lipinski definition) is 7. The van der Waals surface area contributed by atoms with Crippen LogP contribution in [0.25, 0.3) is 0 Å². The zero-order chi connectivity index (χ0) is 23.5. The van der Waals surface area contributed by atoms with Crippen molar-refractivity contribution in [1.29, 1.82) is 0 Å². The van der Waals surface area contributed by atoms with E-state index in [1.807, 2.05) is 29.4 Å². The van der Waals surface area contributed by atoms with Gasteiger partial charge in [0.2, 0.25) is 15.9 Å². The Hall–Kier alpha value is -2.69. The van der Waals surface area contributed by atoms with Crippen molar-refractivity contribution in [2.45, 2.75) is 43.0 Å². The maximum absolute atomic E-state index is 13.1. The molecular weight excluding hydrogens is 470 g/mol. The molecule has 0 spiro atoms. The number of nitrogens with zero attached hydrogens (tertiary/aromatic N) is 4. The van der Waals surface area contributed by atoms with Gasteiger partial charge in [0.1, 0.15) is 0 Å². The van der Waals surface area contributed by atoms with Crippen LogP contribution < -0.4 is 5.32 Å². The van der Waals surface area contributed by atoms with E-state index >= 15 is 0 Å². The molecule has 10 heteroatoms. The Morgan fingerprint density at radius 1 is 1.06 bits per heavy atom. The van der Waals surface area contributed by atoms with E-state index in [1.54, 1.807) is 22.5 Å². The number of thioether (sulfide) groups is 1. The molecule has 0 aliphatic carbocycles. The van der Waals surface area contributed by atoms with E-state index in [-0.39, 0.29) is 22.6 Å². The van der Waals surface area contributed by atoms with Gasteiger partial charge in [-0.05, 0) is 37.1 Å². The Morgan fingerprint density at radius 3 is 2.68 bits per heavy atom. The molecule has 0 bridgehead atoms. The van der Waals surface area contributed by atoms with Crippen LogP contribution in [0.1, 0.15) is 43.7 Å². The molecule has 1 fully saturated rings. The predicted molar refractivity (Wildman–Crippen MR) is 136 cm³/mol. The Bertz CT molecular complexity index is 1240. The second-order valence-electron chi connectivity index (χ2n) is 8.53. The van der Waals surface area contributed by atoms with Crippen molar-refractivity contribution >= 4 is 50.4 Å². The summed E-state index contributed by atoms with van der Waals surface area (Å²) in [5.74, 6) is -0.0846. The van der Waals surface area contributed by atoms with E-state index in [9.17, 15) is 13.2 Å². The van der Waals surface area contributed by atoms with Gasteiger partial charge in [0.15, 0.2) is 5.17 Å². The van der Waals surface area contributed by atoms with Crippen molar-refractivity contribution in [3.8, 4) is 0 Å². The zero-order valence-corrected chi connectivity index (χ0v) is 20.4. The highest BCUT2D eigenvalue weighted by Gasteiger charge is 2.32. The van der Waals surface area contributed by atoms with Gasteiger partial charge in [-0.1, -0.05) is 48.9 Å². The van der Waals surface area contributed by atoms with Crippen molar-refractivity contribution in [2.24, 2.45) is 10.1 Å². The summed E-state index contributed by atoms with van der Waals surface area (Å²) in [6, 6.07) is 14.6. The number of carbonyl (C=O) groups is 1. The quantitative estimate of drug-likeness (QED) is 0.663. The van der Waals surface area contributed by atoms with Crippen molar-refractivity contribution in [3.05, 3.63) is 54.1 Å². The monoisotopic (exact) mass is 497 g/mol. The molecule has 178 valence electrons. The van der Waals surface area contributed by atoms with E-state index in [0.717, 1.165) is 43.4 Å². The molecule has 3 aliphatic rings. The number of carbonyl (C=O) groups excluding carboxylic acids is 1. The summed E-state index contributed by atoms with van der Waals surface area (Å²) in [7, 11) is -3.58. The first-order valence-corrected chi connectivity index (χ1v) is 14.0. The summed E-state index contributed by atoms with van der Waals surface area (Å²) in [5, 5.41) is 9.83. The van der Waals surface area contributed by atoms with Gasteiger partial charge in [0, 0.05) is 37.0 Å². The highest BCUT2D eigenvalue weighted by Crippen LogP contribution is 2.40. The summed E-state index contributed by atoms with van der Waals surface area (Å²) in [4.78, 5) is 17.6. The van der Waals surface area contributed by atoms with Crippen LogP contribution in [0.4, 0.5) is 11.4 Å². The maximum Gasteiger partial charge on any atom is 0.243 e. The van der Waals surface area contributed by atoms with Crippen molar-refractivity contribution in [1.82, 2.24) is 9.31 Å². The Kier molecular flexibility index (Phi) is 6.71. The van der Waals surface area contributed by atoms with E-state index in [4.69, 9.17) is 4.99 Å². The molecule has 1 N–H and O–H groups in total. The second-order valence-corrected chi connectivity index (χ2v) is 11.4. The Morgan fingerprint density at radius 2 is 1.85 bits per heavy atom. The van der Waals surface area contributed by atoms with E-state index in [0.29, 0.717) is 23.9 Å². The fraction of sp³-hybridized carbons (Fsp3) is 0.375. The number of amides is 1. The summed E-state index contributed by atoms with van der Waals surface area (Å²) >= 11 is 1.32. The lowest BCUT2D eigenvalue weighted by Crippen LogP contribution is -2.32. The zero-order valence-electron chi connectivity index (χ0n) is 18.8. The number of rotatable bonds is 5. The first-order valence-electron chi connectivity index (χ1n) is 11.5. The number of hydrogen-bond donors (Lipinski definition) is 1. The van der Waals surface area contributed by atoms with Crippen LogP contribution in [0.15, 0.2) is 63.5 Å². The van der Waals surface area contributed by atoms with Crippen LogP contribution in [0.2, 0.25) is 0 Å². The number of para-hydroxylation sites is 1. The lowest BCUT2D eigenvalue weighted by atomic mass is 10.0. The van der Waals surface area contributed by atoms with Gasteiger partial charge in [-0.2, -0.15) is 9.41 Å². The fourth-order valence-corrected chi connectivity index (χ4v) is 6.84. The fourth-order valence-electron chi connectivity index (χ4n) is 4.47. The van der Waals surface area contributed by atoms with Gasteiger partial charge in [-0.25, -0.2) is 18.4 Å². The molecule has 0 radical (unpaired) electrons. The first-order chi connectivity index (χ1) is 16.5. The molecule has 1 amide bonds. The molecule has 3 heterocycles. The van der Waals surface area contributed by atoms with Crippen LogP contribution >= 0.6 is 11.8 Å². The van der Waals surface area contributed by atoms with Crippen LogP contribution in [0.3, 0.4) is 0 Å². The number of amidine groups is 1. The topological polar surface area (TPSA) is 94.4 Å². The Labute approximate surface area is 204 Å². The molecule has 3 aliphatic heterocycles. The van der Waals surface area contributed by atoms with Crippen LogP contribution in [-0.2, 0) is 14.8 Å². The van der Waals surface area contributed by atoms with Crippen LogP contribution in [0, 0.1) is 0 Å². The van der Waals surface area contributed by atoms with Gasteiger partial charge in [0.25, 0.3) is 0 Å². The van der Waals surface area contributed by atoms with Crippen LogP contribution in [0.5, 0.6) is 0 Å². The third-order valence-electron chi connectivity index (χ3n) is 6.19. The largest absolute Gasteiger partial charge is 0.325 e. The molecule has 1 unspecified atom stereocenters. The summed E-state index contributed by atoms with van der Waals surface area (Å²) < 4.78 is 27.7. The minimum Gasteiger partial charge on any atom is -0.325 e. The maximum atomic E-state index is 13.1. The van der Waals surface area contributed by atoms with Gasteiger partial charge < -0.3 is 5.32 Å². The smallest absolute Gasteiger partial charge is 0.243 e. The molecule has 2 aromatic carbocycles. The molecule has 34 heavy (non-hydrogen) atoms. The molecule has 8 nitrogen and oxygen atoms in total. The van der Waals surface area contributed by atoms with Crippen molar-refractivity contribution in [2.75, 3.05) is 24.2 Å². The van der Waals surface area contributed by atoms with Crippen LogP contribution in [-0.4, -0.2) is 53.9 Å². The number of nitrogens with one attached hydrogen (secondary N) is 1. The standard InChI is InChI=1S/C24H27N5O3S2/c30-23(17-33-24-27-21-11-4-3-10-20(21)22-12-13-25-29(22)24)26-18-8-7-9-19(16-18)34(31,32)28-14-5-1-2-6-15-28/h3-4,7-11,13,16,22H,1-2,5-6,12,14-15,17H2,(H,26,30). The molecule has 5 rings (SSSR count). The average Bonchev–Trinajstić information content (AvgIpc) is 3.17. The van der Waals surface area contributed by atoms with Gasteiger partial charge in [0.05, 0.1) is 22.4 Å². The Balaban J connectivity index is 1.25. The molecule has 1 atom stereocenters. The third-order valence-corrected chi connectivity index (χ3v) is 9.03. The summed E-state index contributed by atoms with van der Waals surface area (Å²) in [6.45, 7) is 1.08. The van der Waals surface area contributed by atoms with Gasteiger partial charge in [-0.3, -0.25) is 4.79 Å². The van der Waals surface area contributed by atoms with E-state index in [1.165, 1.54) is 17.8 Å². The minimum atomic E-state index is -3.58. The van der Waals surface area contributed by atoms with Gasteiger partial charge >= 0.3 is 0 Å². The number of fused-ring (bicyclic) bond motifs is 3. The number of anilines is 1. The highest BCUT2D eigenvalue weighted by atomic mass is 32.2. The first kappa shape index (κ1) is 23.1. The molecule has 0 saturated carbocycles. The van der Waals surface area contributed by atoms with Crippen molar-refractivity contribution < 1.29 is 13.2 Å². The lowest BCUT2D eigenvalue weighted by molar-refractivity contribution is -0.113. The van der Waals surface area contributed by atoms with Gasteiger partial charge in [-0.15, -0.1) is 0 Å². The molecule has 1 saturated heterocycles. The lowest BCUT2D eigenvalue weighted by Gasteiger charge is -2.29. The number of aliphatic imine (C=N–C) groups is 1. The predicted octanol–water partition coefficient (Wildman–Crippen LogP) is 4.36. The number of benzene rings is 2. The third kappa shape index (κ3) is 4.75. The summed E-state index contributed by atoms with van der Waals surface area (Å²) in [5.41, 5.74) is 2.51. The average molecular weight is 498 g/mol. The molecular formula is C24H27N5O3S2. The van der Waals surface area contributed by atoms with Crippen molar-refractivity contribution in [3.63, 3.8) is 0 Å². The molecule has 2 aromatic rings.